The number of hydrogen-bond donors (Lipinski definition) is 1. The van der Waals surface area contributed by atoms with E-state index in [-0.39, 0.29) is 11.5 Å². The Bertz CT molecular complexity index is 1230. The molecule has 2 aromatic carbocycles. The van der Waals surface area contributed by atoms with Gasteiger partial charge < -0.3 is 9.88 Å². The van der Waals surface area contributed by atoms with Gasteiger partial charge in [0.2, 0.25) is 5.91 Å². The smallest absolute Gasteiger partial charge is 0.261 e. The van der Waals surface area contributed by atoms with E-state index in [0.29, 0.717) is 29.8 Å². The lowest BCUT2D eigenvalue weighted by atomic mass is 9.93. The average molecular weight is 400 g/mol. The number of aryl methyl sites for hydroxylation is 1. The van der Waals surface area contributed by atoms with Gasteiger partial charge in [-0.3, -0.25) is 14.2 Å². The summed E-state index contributed by atoms with van der Waals surface area (Å²) in [5, 5.41) is 1.83. The van der Waals surface area contributed by atoms with Crippen LogP contribution in [0.2, 0.25) is 0 Å². The molecule has 1 fully saturated rings. The number of likely N-dealkylation sites (tertiary alicyclic amines) is 1. The predicted octanol–water partition coefficient (Wildman–Crippen LogP) is 3.67. The number of amides is 1. The van der Waals surface area contributed by atoms with Crippen LogP contribution in [0.15, 0.2) is 65.7 Å². The van der Waals surface area contributed by atoms with Crippen molar-refractivity contribution in [1.29, 1.82) is 0 Å². The highest BCUT2D eigenvalue weighted by Crippen LogP contribution is 2.30. The Hall–Kier alpha value is -3.41. The first-order chi connectivity index (χ1) is 14.7. The topological polar surface area (TPSA) is 71.0 Å². The SMILES string of the molecule is O=C(CCn1cnc2ccccc2c1=O)N1CCC(c2cc3ccccc3[nH]2)CC1. The minimum atomic E-state index is -0.0917. The Morgan fingerprint density at radius 1 is 1.07 bits per heavy atom. The van der Waals surface area contributed by atoms with Gasteiger partial charge in [-0.05, 0) is 42.5 Å². The standard InChI is InChI=1S/C24H24N4O2/c29-23(11-14-28-16-25-21-8-4-2-6-19(21)24(28)30)27-12-9-17(10-13-27)22-15-18-5-1-3-7-20(18)26-22/h1-8,15-17,26H,9-14H2. The van der Waals surface area contributed by atoms with E-state index >= 15 is 0 Å². The molecular weight excluding hydrogens is 376 g/mol. The van der Waals surface area contributed by atoms with Crippen LogP contribution in [0, 0.1) is 0 Å². The molecule has 0 spiro atoms. The second kappa shape index (κ2) is 7.78. The third-order valence-corrected chi connectivity index (χ3v) is 6.14. The maximum atomic E-state index is 12.7. The second-order valence-corrected chi connectivity index (χ2v) is 7.98. The number of aromatic amines is 1. The first kappa shape index (κ1) is 18.6. The molecule has 4 aromatic rings. The Morgan fingerprint density at radius 2 is 1.83 bits per heavy atom. The molecule has 2 aromatic heterocycles. The second-order valence-electron chi connectivity index (χ2n) is 7.98. The quantitative estimate of drug-likeness (QED) is 0.568. The lowest BCUT2D eigenvalue weighted by molar-refractivity contribution is -0.132. The number of carbonyl (C=O) groups is 1. The van der Waals surface area contributed by atoms with Crippen molar-refractivity contribution in [2.45, 2.75) is 31.7 Å². The third-order valence-electron chi connectivity index (χ3n) is 6.14. The zero-order chi connectivity index (χ0) is 20.5. The molecule has 1 aliphatic heterocycles. The summed E-state index contributed by atoms with van der Waals surface area (Å²) >= 11 is 0. The summed E-state index contributed by atoms with van der Waals surface area (Å²) in [4.78, 5) is 35.1. The zero-order valence-corrected chi connectivity index (χ0v) is 16.8. The first-order valence-electron chi connectivity index (χ1n) is 10.5. The summed E-state index contributed by atoms with van der Waals surface area (Å²) in [5.74, 6) is 0.555. The Labute approximate surface area is 174 Å². The van der Waals surface area contributed by atoms with E-state index in [1.807, 2.05) is 29.2 Å². The van der Waals surface area contributed by atoms with Crippen molar-refractivity contribution < 1.29 is 4.79 Å². The molecular formula is C24H24N4O2. The van der Waals surface area contributed by atoms with E-state index in [4.69, 9.17) is 0 Å². The monoisotopic (exact) mass is 400 g/mol. The van der Waals surface area contributed by atoms with Gasteiger partial charge >= 0.3 is 0 Å². The van der Waals surface area contributed by atoms with E-state index in [9.17, 15) is 9.59 Å². The molecule has 0 bridgehead atoms. The molecule has 6 nitrogen and oxygen atoms in total. The number of rotatable bonds is 4. The highest BCUT2D eigenvalue weighted by atomic mass is 16.2. The van der Waals surface area contributed by atoms with Crippen LogP contribution in [0.25, 0.3) is 21.8 Å². The fourth-order valence-corrected chi connectivity index (χ4v) is 4.40. The fourth-order valence-electron chi connectivity index (χ4n) is 4.40. The molecule has 0 unspecified atom stereocenters. The molecule has 0 radical (unpaired) electrons. The Balaban J connectivity index is 1.20. The van der Waals surface area contributed by atoms with Crippen molar-refractivity contribution >= 4 is 27.7 Å². The number of para-hydroxylation sites is 2. The van der Waals surface area contributed by atoms with Crippen molar-refractivity contribution in [3.8, 4) is 0 Å². The maximum absolute atomic E-state index is 12.7. The summed E-state index contributed by atoms with van der Waals surface area (Å²) in [5.41, 5.74) is 3.02. The summed E-state index contributed by atoms with van der Waals surface area (Å²) < 4.78 is 1.54. The van der Waals surface area contributed by atoms with Crippen LogP contribution in [0.4, 0.5) is 0 Å². The van der Waals surface area contributed by atoms with E-state index in [1.54, 1.807) is 12.4 Å². The maximum Gasteiger partial charge on any atom is 0.261 e. The number of hydrogen-bond acceptors (Lipinski definition) is 3. The van der Waals surface area contributed by atoms with Gasteiger partial charge in [0.15, 0.2) is 0 Å². The number of piperidine rings is 1. The molecule has 3 heterocycles. The predicted molar refractivity (Wildman–Crippen MR) is 117 cm³/mol. The van der Waals surface area contributed by atoms with Crippen LogP contribution in [0.1, 0.15) is 30.9 Å². The minimum Gasteiger partial charge on any atom is -0.358 e. The molecule has 6 heteroatoms. The molecule has 1 N–H and O–H groups in total. The summed E-state index contributed by atoms with van der Waals surface area (Å²) in [6.45, 7) is 1.87. The summed E-state index contributed by atoms with van der Waals surface area (Å²) in [6.07, 6.45) is 3.77. The van der Waals surface area contributed by atoms with Gasteiger partial charge in [0.1, 0.15) is 0 Å². The normalized spacial score (nSPS) is 15.1. The number of aromatic nitrogens is 3. The van der Waals surface area contributed by atoms with Crippen LogP contribution >= 0.6 is 0 Å². The highest BCUT2D eigenvalue weighted by Gasteiger charge is 2.24. The van der Waals surface area contributed by atoms with Gasteiger partial charge in [-0.1, -0.05) is 30.3 Å². The van der Waals surface area contributed by atoms with Gasteiger partial charge in [-0.15, -0.1) is 0 Å². The van der Waals surface area contributed by atoms with Crippen molar-refractivity contribution in [3.05, 3.63) is 77.0 Å². The van der Waals surface area contributed by atoms with E-state index in [2.05, 4.69) is 34.2 Å². The van der Waals surface area contributed by atoms with Gasteiger partial charge in [0.25, 0.3) is 5.56 Å². The summed E-state index contributed by atoms with van der Waals surface area (Å²) in [7, 11) is 0. The van der Waals surface area contributed by atoms with Crippen molar-refractivity contribution in [3.63, 3.8) is 0 Å². The number of nitrogens with zero attached hydrogens (tertiary/aromatic N) is 3. The van der Waals surface area contributed by atoms with Crippen LogP contribution < -0.4 is 5.56 Å². The van der Waals surface area contributed by atoms with Crippen LogP contribution in [-0.4, -0.2) is 38.4 Å². The number of fused-ring (bicyclic) bond motifs is 2. The van der Waals surface area contributed by atoms with E-state index in [1.165, 1.54) is 21.2 Å². The van der Waals surface area contributed by atoms with Crippen molar-refractivity contribution in [1.82, 2.24) is 19.4 Å². The number of carbonyl (C=O) groups excluding carboxylic acids is 1. The van der Waals surface area contributed by atoms with Gasteiger partial charge in [0, 0.05) is 43.2 Å². The number of benzene rings is 2. The largest absolute Gasteiger partial charge is 0.358 e. The van der Waals surface area contributed by atoms with Crippen molar-refractivity contribution in [2.75, 3.05) is 13.1 Å². The van der Waals surface area contributed by atoms with Gasteiger partial charge in [-0.25, -0.2) is 4.98 Å². The number of H-pyrrole nitrogens is 1. The molecule has 0 atom stereocenters. The molecule has 1 saturated heterocycles. The molecule has 1 amide bonds. The van der Waals surface area contributed by atoms with E-state index in [0.717, 1.165) is 25.9 Å². The lowest BCUT2D eigenvalue weighted by Crippen LogP contribution is -2.38. The average Bonchev–Trinajstić information content (AvgIpc) is 3.23. The van der Waals surface area contributed by atoms with Crippen LogP contribution in [-0.2, 0) is 11.3 Å². The third kappa shape index (κ3) is 3.49. The first-order valence-corrected chi connectivity index (χ1v) is 10.5. The van der Waals surface area contributed by atoms with Gasteiger partial charge in [0.05, 0.1) is 17.2 Å². The molecule has 0 aliphatic carbocycles. The zero-order valence-electron chi connectivity index (χ0n) is 16.8. The molecule has 1 aliphatic rings. The van der Waals surface area contributed by atoms with Crippen molar-refractivity contribution in [2.24, 2.45) is 0 Å². The van der Waals surface area contributed by atoms with Crippen LogP contribution in [0.3, 0.4) is 0 Å². The van der Waals surface area contributed by atoms with Crippen LogP contribution in [0.5, 0.6) is 0 Å². The molecule has 152 valence electrons. The minimum absolute atomic E-state index is 0.0917. The van der Waals surface area contributed by atoms with Gasteiger partial charge in [-0.2, -0.15) is 0 Å². The lowest BCUT2D eigenvalue weighted by Gasteiger charge is -2.31. The summed E-state index contributed by atoms with van der Waals surface area (Å²) in [6, 6.07) is 17.8. The Morgan fingerprint density at radius 3 is 2.67 bits per heavy atom. The fraction of sp³-hybridized carbons (Fsp3) is 0.292. The molecule has 0 saturated carbocycles. The molecule has 5 rings (SSSR count). The number of nitrogens with one attached hydrogen (secondary N) is 1. The van der Waals surface area contributed by atoms with E-state index < -0.39 is 0 Å². The molecule has 30 heavy (non-hydrogen) atoms. The Kier molecular flexibility index (Phi) is 4.83. The highest BCUT2D eigenvalue weighted by molar-refractivity contribution is 5.80.